The smallest absolute Gasteiger partial charge is 0.205 e. The second-order valence-electron chi connectivity index (χ2n) is 9.02. The SMILES string of the molecule is COc1cc([C@@H]2C(C#N)=C(N)OC3=C2C(=O)CC(C)(C)C3)ccc1COc1ccc(F)cc1. The Morgan fingerprint density at radius 2 is 1.94 bits per heavy atom. The summed E-state index contributed by atoms with van der Waals surface area (Å²) in [6.07, 6.45) is 0.926. The number of methoxy groups -OCH3 is 1. The van der Waals surface area contributed by atoms with Gasteiger partial charge in [0.1, 0.15) is 41.3 Å². The summed E-state index contributed by atoms with van der Waals surface area (Å²) in [5, 5.41) is 9.80. The molecule has 4 rings (SSSR count). The lowest BCUT2D eigenvalue weighted by Crippen LogP contribution is -2.33. The van der Waals surface area contributed by atoms with Crippen LogP contribution in [-0.2, 0) is 16.1 Å². The number of rotatable bonds is 5. The minimum Gasteiger partial charge on any atom is -0.496 e. The molecule has 2 N–H and O–H groups in total. The normalized spacial score (nSPS) is 19.5. The van der Waals surface area contributed by atoms with Gasteiger partial charge in [0.15, 0.2) is 5.78 Å². The predicted octanol–water partition coefficient (Wildman–Crippen LogP) is 4.86. The first kappa shape index (κ1) is 22.4. The maximum Gasteiger partial charge on any atom is 0.205 e. The van der Waals surface area contributed by atoms with Crippen LogP contribution in [0.25, 0.3) is 0 Å². The molecule has 1 aliphatic heterocycles. The van der Waals surface area contributed by atoms with Crippen LogP contribution >= 0.6 is 0 Å². The van der Waals surface area contributed by atoms with Crippen LogP contribution in [0.3, 0.4) is 0 Å². The Morgan fingerprint density at radius 3 is 2.61 bits per heavy atom. The summed E-state index contributed by atoms with van der Waals surface area (Å²) >= 11 is 0. The molecule has 0 amide bonds. The number of hydrogen-bond donors (Lipinski definition) is 1. The van der Waals surface area contributed by atoms with Crippen molar-refractivity contribution in [1.82, 2.24) is 0 Å². The van der Waals surface area contributed by atoms with Gasteiger partial charge in [-0.3, -0.25) is 4.79 Å². The fourth-order valence-electron chi connectivity index (χ4n) is 4.37. The van der Waals surface area contributed by atoms with Gasteiger partial charge in [0.05, 0.1) is 13.0 Å². The molecular formula is C26H25FN2O4. The van der Waals surface area contributed by atoms with Crippen molar-refractivity contribution in [2.75, 3.05) is 7.11 Å². The summed E-state index contributed by atoms with van der Waals surface area (Å²) in [4.78, 5) is 13.1. The first-order valence-electron chi connectivity index (χ1n) is 10.6. The lowest BCUT2D eigenvalue weighted by molar-refractivity contribution is -0.119. The molecule has 0 bridgehead atoms. The number of ether oxygens (including phenoxy) is 3. The number of nitriles is 1. The topological polar surface area (TPSA) is 94.6 Å². The number of carbonyl (C=O) groups is 1. The molecule has 0 saturated heterocycles. The van der Waals surface area contributed by atoms with E-state index in [9.17, 15) is 14.4 Å². The number of ketones is 1. The summed E-state index contributed by atoms with van der Waals surface area (Å²) in [5.74, 6) is 0.616. The molecule has 0 fully saturated rings. The molecule has 0 saturated carbocycles. The number of hydrogen-bond acceptors (Lipinski definition) is 6. The van der Waals surface area contributed by atoms with E-state index in [0.29, 0.717) is 41.2 Å². The van der Waals surface area contributed by atoms with Crippen LogP contribution in [0.15, 0.2) is 65.3 Å². The maximum atomic E-state index is 13.1. The number of carbonyl (C=O) groups excluding carboxylic acids is 1. The fraction of sp³-hybridized carbons (Fsp3) is 0.308. The average molecular weight is 448 g/mol. The molecule has 2 aliphatic rings. The Morgan fingerprint density at radius 1 is 1.21 bits per heavy atom. The molecule has 2 aromatic carbocycles. The molecule has 33 heavy (non-hydrogen) atoms. The van der Waals surface area contributed by atoms with Gasteiger partial charge in [-0.15, -0.1) is 0 Å². The first-order valence-corrected chi connectivity index (χ1v) is 10.6. The Hall–Kier alpha value is -3.79. The van der Waals surface area contributed by atoms with E-state index in [0.717, 1.165) is 5.56 Å². The highest BCUT2D eigenvalue weighted by Gasteiger charge is 2.43. The summed E-state index contributed by atoms with van der Waals surface area (Å²) in [6, 6.07) is 13.3. The van der Waals surface area contributed by atoms with Gasteiger partial charge in [-0.2, -0.15) is 5.26 Å². The molecule has 7 heteroatoms. The standard InChI is InChI=1S/C26H25FN2O4/c1-26(2)11-20(30)24-22(12-26)33-25(29)19(13-28)23(24)15-4-5-16(21(10-15)31-3)14-32-18-8-6-17(27)7-9-18/h4-10,23H,11-12,14,29H2,1-3H3/t23-/m1/s1. The summed E-state index contributed by atoms with van der Waals surface area (Å²) in [7, 11) is 1.54. The third kappa shape index (κ3) is 4.42. The lowest BCUT2D eigenvalue weighted by Gasteiger charge is -2.37. The van der Waals surface area contributed by atoms with E-state index in [4.69, 9.17) is 19.9 Å². The van der Waals surface area contributed by atoms with Crippen molar-refractivity contribution in [2.24, 2.45) is 11.1 Å². The molecule has 2 aromatic rings. The van der Waals surface area contributed by atoms with E-state index < -0.39 is 5.92 Å². The second kappa shape index (κ2) is 8.62. The van der Waals surface area contributed by atoms with Crippen molar-refractivity contribution >= 4 is 5.78 Å². The van der Waals surface area contributed by atoms with E-state index in [1.807, 2.05) is 26.0 Å². The van der Waals surface area contributed by atoms with E-state index in [-0.39, 0.29) is 35.1 Å². The number of nitrogens with zero attached hydrogens (tertiary/aromatic N) is 1. The molecule has 6 nitrogen and oxygen atoms in total. The summed E-state index contributed by atoms with van der Waals surface area (Å²) in [5.41, 5.74) is 8.01. The quantitative estimate of drug-likeness (QED) is 0.702. The summed E-state index contributed by atoms with van der Waals surface area (Å²) in [6.45, 7) is 4.21. The molecule has 0 spiro atoms. The number of benzene rings is 2. The van der Waals surface area contributed by atoms with Crippen molar-refractivity contribution in [1.29, 1.82) is 5.26 Å². The molecule has 0 radical (unpaired) electrons. The van der Waals surface area contributed by atoms with Crippen molar-refractivity contribution in [3.05, 3.63) is 82.2 Å². The van der Waals surface area contributed by atoms with Crippen LogP contribution in [-0.4, -0.2) is 12.9 Å². The van der Waals surface area contributed by atoms with E-state index in [1.54, 1.807) is 25.3 Å². The van der Waals surface area contributed by atoms with E-state index in [1.165, 1.54) is 12.1 Å². The van der Waals surface area contributed by atoms with Crippen LogP contribution in [0, 0.1) is 22.6 Å². The highest BCUT2D eigenvalue weighted by molar-refractivity contribution is 6.00. The third-order valence-electron chi connectivity index (χ3n) is 5.93. The van der Waals surface area contributed by atoms with E-state index >= 15 is 0 Å². The minimum absolute atomic E-state index is 0.0226. The highest BCUT2D eigenvalue weighted by atomic mass is 19.1. The zero-order valence-corrected chi connectivity index (χ0v) is 18.8. The largest absolute Gasteiger partial charge is 0.496 e. The van der Waals surface area contributed by atoms with Crippen molar-refractivity contribution in [3.63, 3.8) is 0 Å². The van der Waals surface area contributed by atoms with Gasteiger partial charge in [-0.25, -0.2) is 4.39 Å². The van der Waals surface area contributed by atoms with Crippen LogP contribution in [0.2, 0.25) is 0 Å². The first-order chi connectivity index (χ1) is 15.7. The minimum atomic E-state index is -0.622. The van der Waals surface area contributed by atoms with Gasteiger partial charge in [0.25, 0.3) is 0 Å². The maximum absolute atomic E-state index is 13.1. The zero-order valence-electron chi connectivity index (χ0n) is 18.8. The molecule has 1 atom stereocenters. The van der Waals surface area contributed by atoms with Gasteiger partial charge in [-0.05, 0) is 41.3 Å². The Bertz CT molecular complexity index is 1210. The molecular weight excluding hydrogens is 423 g/mol. The van der Waals surface area contributed by atoms with Gasteiger partial charge in [0.2, 0.25) is 5.88 Å². The van der Waals surface area contributed by atoms with Crippen LogP contribution in [0.1, 0.15) is 43.7 Å². The number of allylic oxidation sites excluding steroid dienone is 3. The summed E-state index contributed by atoms with van der Waals surface area (Å²) < 4.78 is 30.2. The molecule has 1 aliphatic carbocycles. The van der Waals surface area contributed by atoms with Gasteiger partial charge in [-0.1, -0.05) is 26.0 Å². The average Bonchev–Trinajstić information content (AvgIpc) is 2.77. The lowest BCUT2D eigenvalue weighted by atomic mass is 9.70. The number of nitrogens with two attached hydrogens (primary N) is 1. The number of Topliss-reactive ketones (excluding diaryl/α,β-unsaturated/α-hetero) is 1. The van der Waals surface area contributed by atoms with Gasteiger partial charge >= 0.3 is 0 Å². The zero-order chi connectivity index (χ0) is 23.8. The Kier molecular flexibility index (Phi) is 5.86. The molecule has 0 aromatic heterocycles. The number of halogens is 1. The van der Waals surface area contributed by atoms with E-state index in [2.05, 4.69) is 6.07 Å². The fourth-order valence-corrected chi connectivity index (χ4v) is 4.37. The Labute approximate surface area is 192 Å². The monoisotopic (exact) mass is 448 g/mol. The highest BCUT2D eigenvalue weighted by Crippen LogP contribution is 2.48. The van der Waals surface area contributed by atoms with Crippen LogP contribution in [0.4, 0.5) is 4.39 Å². The predicted molar refractivity (Wildman–Crippen MR) is 119 cm³/mol. The Balaban J connectivity index is 1.69. The van der Waals surface area contributed by atoms with Gasteiger partial charge < -0.3 is 19.9 Å². The third-order valence-corrected chi connectivity index (χ3v) is 5.93. The van der Waals surface area contributed by atoms with Crippen molar-refractivity contribution < 1.29 is 23.4 Å². The van der Waals surface area contributed by atoms with Crippen LogP contribution < -0.4 is 15.2 Å². The molecule has 1 heterocycles. The van der Waals surface area contributed by atoms with Crippen molar-refractivity contribution in [3.8, 4) is 17.6 Å². The molecule has 0 unspecified atom stereocenters. The van der Waals surface area contributed by atoms with Gasteiger partial charge in [0, 0.05) is 24.0 Å². The van der Waals surface area contributed by atoms with Crippen molar-refractivity contribution in [2.45, 2.75) is 39.2 Å². The molecule has 170 valence electrons. The second-order valence-corrected chi connectivity index (χ2v) is 9.02. The van der Waals surface area contributed by atoms with Crippen LogP contribution in [0.5, 0.6) is 11.5 Å².